The first-order chi connectivity index (χ1) is 21.5. The number of primary amides is 1. The molecule has 2 atom stereocenters. The summed E-state index contributed by atoms with van der Waals surface area (Å²) in [6.45, 7) is 5.24. The summed E-state index contributed by atoms with van der Waals surface area (Å²) in [4.78, 5) is 39.6. The standard InChI is InChI=1S/C35H35FN4O5/c1-4-30-38-17-22(18-39-30)25-15-21(7-12-28(25)45-24-10-11-24)27(41)13-14-35(3,43)29-16-26-32(44-19-34(26,2)33(37)42)31(40-29)20-5-8-23(36)9-6-20/h5-9,12,15-18,24,43H,4,10-11,13-14,19H2,1-3H3,(H2,37,42)/t34-,35-/m0/s1. The fourth-order valence-corrected chi connectivity index (χ4v) is 5.37. The minimum Gasteiger partial charge on any atom is -0.490 e. The van der Waals surface area contributed by atoms with Gasteiger partial charge in [-0.05, 0) is 81.6 Å². The quantitative estimate of drug-likeness (QED) is 0.214. The van der Waals surface area contributed by atoms with Gasteiger partial charge in [-0.15, -0.1) is 0 Å². The minimum absolute atomic E-state index is 0.00657. The lowest BCUT2D eigenvalue weighted by Crippen LogP contribution is -2.40. The molecule has 0 spiro atoms. The smallest absolute Gasteiger partial charge is 0.231 e. The normalized spacial score (nSPS) is 18.5. The van der Waals surface area contributed by atoms with Crippen molar-refractivity contribution in [2.45, 2.75) is 70.0 Å². The highest BCUT2D eigenvalue weighted by Gasteiger charge is 2.45. The predicted octanol–water partition coefficient (Wildman–Crippen LogP) is 5.45. The number of ketones is 1. The molecule has 1 aliphatic heterocycles. The number of ether oxygens (including phenoxy) is 2. The molecule has 1 amide bonds. The molecule has 3 N–H and O–H groups in total. The SMILES string of the molecule is CCc1ncc(-c2cc(C(=O)CC[C@](C)(O)c3cc4c(c(-c5ccc(F)cc5)n3)OC[C@]4(C)C(N)=O)ccc2OC2CC2)cn1. The van der Waals surface area contributed by atoms with Crippen LogP contribution in [0.5, 0.6) is 11.5 Å². The third-order valence-electron chi connectivity index (χ3n) is 8.58. The van der Waals surface area contributed by atoms with Crippen molar-refractivity contribution in [3.05, 3.63) is 89.4 Å². The molecule has 45 heavy (non-hydrogen) atoms. The van der Waals surface area contributed by atoms with Crippen molar-refractivity contribution < 1.29 is 28.6 Å². The average molecular weight is 611 g/mol. The Balaban J connectivity index is 1.29. The van der Waals surface area contributed by atoms with Gasteiger partial charge in [0.1, 0.15) is 46.5 Å². The number of rotatable bonds is 11. The zero-order chi connectivity index (χ0) is 31.9. The summed E-state index contributed by atoms with van der Waals surface area (Å²) in [5, 5.41) is 11.7. The van der Waals surface area contributed by atoms with Crippen LogP contribution in [0.1, 0.15) is 73.9 Å². The van der Waals surface area contributed by atoms with Crippen molar-refractivity contribution in [1.82, 2.24) is 15.0 Å². The molecular weight excluding hydrogens is 575 g/mol. The summed E-state index contributed by atoms with van der Waals surface area (Å²) >= 11 is 0. The second kappa shape index (κ2) is 11.7. The van der Waals surface area contributed by atoms with Gasteiger partial charge in [-0.1, -0.05) is 6.92 Å². The van der Waals surface area contributed by atoms with Gasteiger partial charge in [0.05, 0.1) is 11.8 Å². The number of carbonyl (C=O) groups excluding carboxylic acids is 2. The van der Waals surface area contributed by atoms with Gasteiger partial charge in [0, 0.05) is 53.1 Å². The number of nitrogens with two attached hydrogens (primary N) is 1. The van der Waals surface area contributed by atoms with Crippen LogP contribution in [0, 0.1) is 5.82 Å². The van der Waals surface area contributed by atoms with Crippen LogP contribution in [-0.2, 0) is 22.2 Å². The lowest BCUT2D eigenvalue weighted by atomic mass is 9.81. The number of aromatic nitrogens is 3. The Bertz CT molecular complexity index is 1770. The van der Waals surface area contributed by atoms with Crippen LogP contribution >= 0.6 is 0 Å². The molecule has 1 fully saturated rings. The topological polar surface area (TPSA) is 138 Å². The lowest BCUT2D eigenvalue weighted by Gasteiger charge is -2.26. The molecule has 6 rings (SSSR count). The van der Waals surface area contributed by atoms with Gasteiger partial charge in [-0.2, -0.15) is 0 Å². The number of hydrogen-bond acceptors (Lipinski definition) is 8. The second-order valence-corrected chi connectivity index (χ2v) is 12.2. The van der Waals surface area contributed by atoms with Crippen LogP contribution in [0.2, 0.25) is 0 Å². The van der Waals surface area contributed by atoms with Crippen molar-refractivity contribution >= 4 is 11.7 Å². The third-order valence-corrected chi connectivity index (χ3v) is 8.58. The van der Waals surface area contributed by atoms with Gasteiger partial charge < -0.3 is 20.3 Å². The summed E-state index contributed by atoms with van der Waals surface area (Å²) in [5.41, 5.74) is 6.63. The molecule has 1 saturated carbocycles. The van der Waals surface area contributed by atoms with E-state index in [9.17, 15) is 19.1 Å². The van der Waals surface area contributed by atoms with Crippen molar-refractivity contribution in [2.24, 2.45) is 5.73 Å². The molecule has 0 saturated heterocycles. The highest BCUT2D eigenvalue weighted by molar-refractivity contribution is 5.98. The molecule has 2 aromatic carbocycles. The summed E-state index contributed by atoms with van der Waals surface area (Å²) in [6, 6.07) is 12.6. The average Bonchev–Trinajstić information content (AvgIpc) is 3.79. The first-order valence-corrected chi connectivity index (χ1v) is 15.1. The molecule has 0 radical (unpaired) electrons. The zero-order valence-electron chi connectivity index (χ0n) is 25.5. The van der Waals surface area contributed by atoms with E-state index in [1.165, 1.54) is 12.1 Å². The largest absolute Gasteiger partial charge is 0.490 e. The zero-order valence-corrected chi connectivity index (χ0v) is 25.5. The Morgan fingerprint density at radius 2 is 1.82 bits per heavy atom. The van der Waals surface area contributed by atoms with E-state index in [0.717, 1.165) is 29.8 Å². The molecule has 2 aliphatic rings. The molecule has 232 valence electrons. The van der Waals surface area contributed by atoms with E-state index in [1.54, 1.807) is 62.6 Å². The van der Waals surface area contributed by atoms with Crippen LogP contribution < -0.4 is 15.2 Å². The van der Waals surface area contributed by atoms with Gasteiger partial charge in [0.25, 0.3) is 0 Å². The summed E-state index contributed by atoms with van der Waals surface area (Å²) in [7, 11) is 0. The number of carbonyl (C=O) groups is 2. The van der Waals surface area contributed by atoms with Crippen LogP contribution in [0.25, 0.3) is 22.4 Å². The van der Waals surface area contributed by atoms with Crippen LogP contribution in [0.15, 0.2) is 60.9 Å². The molecular formula is C35H35FN4O5. The second-order valence-electron chi connectivity index (χ2n) is 12.2. The number of amides is 1. The highest BCUT2D eigenvalue weighted by atomic mass is 19.1. The number of pyridine rings is 1. The van der Waals surface area contributed by atoms with Crippen molar-refractivity contribution in [3.8, 4) is 33.9 Å². The molecule has 9 nitrogen and oxygen atoms in total. The Morgan fingerprint density at radius 1 is 1.11 bits per heavy atom. The van der Waals surface area contributed by atoms with E-state index in [4.69, 9.17) is 20.2 Å². The number of aryl methyl sites for hydroxylation is 1. The maximum Gasteiger partial charge on any atom is 0.231 e. The van der Waals surface area contributed by atoms with E-state index in [1.807, 2.05) is 6.92 Å². The fraction of sp³-hybridized carbons (Fsp3) is 0.343. The minimum atomic E-state index is -1.57. The first kappa shape index (κ1) is 30.3. The number of benzene rings is 2. The van der Waals surface area contributed by atoms with Crippen LogP contribution in [0.3, 0.4) is 0 Å². The molecule has 4 aromatic rings. The molecule has 3 heterocycles. The van der Waals surface area contributed by atoms with E-state index in [-0.39, 0.29) is 37.0 Å². The van der Waals surface area contributed by atoms with E-state index >= 15 is 0 Å². The van der Waals surface area contributed by atoms with Gasteiger partial charge >= 0.3 is 0 Å². The van der Waals surface area contributed by atoms with E-state index in [0.29, 0.717) is 40.3 Å². The molecule has 1 aliphatic carbocycles. The Hall–Kier alpha value is -4.70. The van der Waals surface area contributed by atoms with Gasteiger partial charge in [0.2, 0.25) is 5.91 Å². The number of hydrogen-bond donors (Lipinski definition) is 2. The molecule has 2 aromatic heterocycles. The van der Waals surface area contributed by atoms with Crippen molar-refractivity contribution in [1.29, 1.82) is 0 Å². The Labute approximate surface area is 260 Å². The number of halogens is 1. The maximum atomic E-state index is 13.7. The molecule has 10 heteroatoms. The number of nitrogens with zero attached hydrogens (tertiary/aromatic N) is 3. The number of Topliss-reactive ketones (excluding diaryl/α,β-unsaturated/α-hetero) is 1. The summed E-state index contributed by atoms with van der Waals surface area (Å²) < 4.78 is 25.7. The summed E-state index contributed by atoms with van der Waals surface area (Å²) in [5.74, 6) is 0.576. The maximum absolute atomic E-state index is 13.7. The van der Waals surface area contributed by atoms with Crippen LogP contribution in [0.4, 0.5) is 4.39 Å². The lowest BCUT2D eigenvalue weighted by molar-refractivity contribution is -0.123. The van der Waals surface area contributed by atoms with Gasteiger partial charge in [-0.3, -0.25) is 9.59 Å². The Morgan fingerprint density at radius 3 is 2.47 bits per heavy atom. The molecule has 0 unspecified atom stereocenters. The van der Waals surface area contributed by atoms with E-state index < -0.39 is 22.7 Å². The fourth-order valence-electron chi connectivity index (χ4n) is 5.37. The van der Waals surface area contributed by atoms with Crippen molar-refractivity contribution in [3.63, 3.8) is 0 Å². The van der Waals surface area contributed by atoms with Crippen LogP contribution in [-0.4, -0.2) is 44.5 Å². The molecule has 0 bridgehead atoms. The van der Waals surface area contributed by atoms with Crippen molar-refractivity contribution in [2.75, 3.05) is 6.61 Å². The predicted molar refractivity (Wildman–Crippen MR) is 165 cm³/mol. The summed E-state index contributed by atoms with van der Waals surface area (Å²) in [6.07, 6.45) is 6.38. The number of aliphatic hydroxyl groups is 1. The van der Waals surface area contributed by atoms with E-state index in [2.05, 4.69) is 9.97 Å². The Kier molecular flexibility index (Phi) is 7.86. The van der Waals surface area contributed by atoms with Gasteiger partial charge in [-0.25, -0.2) is 19.3 Å². The number of fused-ring (bicyclic) bond motifs is 1. The first-order valence-electron chi connectivity index (χ1n) is 15.1. The third kappa shape index (κ3) is 6.02. The highest BCUT2D eigenvalue weighted by Crippen LogP contribution is 2.46. The van der Waals surface area contributed by atoms with Gasteiger partial charge in [0.15, 0.2) is 5.78 Å². The monoisotopic (exact) mass is 610 g/mol.